The summed E-state index contributed by atoms with van der Waals surface area (Å²) in [6.07, 6.45) is 0. The van der Waals surface area contributed by atoms with Crippen LogP contribution in [0.25, 0.3) is 0 Å². The first-order valence-electron chi connectivity index (χ1n) is 7.86. The van der Waals surface area contributed by atoms with Gasteiger partial charge in [0, 0.05) is 22.5 Å². The second-order valence-electron chi connectivity index (χ2n) is 5.85. The Morgan fingerprint density at radius 2 is 1.80 bits per heavy atom. The number of carbonyl (C=O) groups is 1. The van der Waals surface area contributed by atoms with E-state index in [-0.39, 0.29) is 11.2 Å². The molecule has 5 nitrogen and oxygen atoms in total. The van der Waals surface area contributed by atoms with Crippen LogP contribution in [0.4, 0.5) is 5.69 Å². The second kappa shape index (κ2) is 8.06. The zero-order chi connectivity index (χ0) is 18.7. The molecule has 2 aromatic rings. The quantitative estimate of drug-likeness (QED) is 0.612. The first kappa shape index (κ1) is 19.5. The van der Waals surface area contributed by atoms with Gasteiger partial charge in [0.25, 0.3) is 0 Å². The number of aryl methyl sites for hydroxylation is 3. The summed E-state index contributed by atoms with van der Waals surface area (Å²) in [5, 5.41) is 3.73. The van der Waals surface area contributed by atoms with Gasteiger partial charge in [0.1, 0.15) is 5.75 Å². The summed E-state index contributed by atoms with van der Waals surface area (Å²) in [5.41, 5.74) is 4.39. The number of carbonyl (C=O) groups excluding carboxylic acids is 1. The van der Waals surface area contributed by atoms with Crippen LogP contribution in [0.2, 0.25) is 5.02 Å². The molecule has 1 aromatic heterocycles. The Labute approximate surface area is 157 Å². The summed E-state index contributed by atoms with van der Waals surface area (Å²) < 4.78 is 5.29. The standard InChI is InChI=1S/C18H22ClN3O2S/c1-9-7-15(16(24-6)8-14(9)19)22-17(23)13(5)25-18-20-11(3)10(2)12(4)21-18/h7-8,13H,1-6H3,(H,22,23)/t13-/m0/s1. The fourth-order valence-corrected chi connectivity index (χ4v) is 3.19. The second-order valence-corrected chi connectivity index (χ2v) is 7.57. The highest BCUT2D eigenvalue weighted by Crippen LogP contribution is 2.32. The molecule has 7 heteroatoms. The molecule has 0 radical (unpaired) electrons. The van der Waals surface area contributed by atoms with Gasteiger partial charge in [-0.1, -0.05) is 23.4 Å². The summed E-state index contributed by atoms with van der Waals surface area (Å²) in [5.74, 6) is 0.379. The number of nitrogens with zero attached hydrogens (tertiary/aromatic N) is 2. The number of ether oxygens (including phenoxy) is 1. The number of hydrogen-bond donors (Lipinski definition) is 1. The number of aromatic nitrogens is 2. The summed E-state index contributed by atoms with van der Waals surface area (Å²) in [7, 11) is 1.54. The lowest BCUT2D eigenvalue weighted by molar-refractivity contribution is -0.115. The molecule has 0 fully saturated rings. The van der Waals surface area contributed by atoms with Gasteiger partial charge in [0.15, 0.2) is 5.16 Å². The molecule has 0 aliphatic heterocycles. The Balaban J connectivity index is 2.15. The number of amides is 1. The highest BCUT2D eigenvalue weighted by molar-refractivity contribution is 8.00. The topological polar surface area (TPSA) is 64.1 Å². The summed E-state index contributed by atoms with van der Waals surface area (Å²) >= 11 is 7.43. The molecule has 0 spiro atoms. The van der Waals surface area contributed by atoms with Crippen LogP contribution in [0.5, 0.6) is 5.75 Å². The minimum atomic E-state index is -0.359. The molecule has 2 rings (SSSR count). The van der Waals surface area contributed by atoms with Crippen molar-refractivity contribution in [2.24, 2.45) is 0 Å². The molecule has 0 bridgehead atoms. The molecule has 1 amide bonds. The van der Waals surface area contributed by atoms with Crippen molar-refractivity contribution in [3.63, 3.8) is 0 Å². The van der Waals surface area contributed by atoms with Gasteiger partial charge >= 0.3 is 0 Å². The molecule has 0 unspecified atom stereocenters. The number of anilines is 1. The van der Waals surface area contributed by atoms with E-state index in [1.165, 1.54) is 11.8 Å². The molecule has 1 aromatic carbocycles. The van der Waals surface area contributed by atoms with Crippen LogP contribution >= 0.6 is 23.4 Å². The van der Waals surface area contributed by atoms with E-state index < -0.39 is 0 Å². The molecule has 0 aliphatic carbocycles. The summed E-state index contributed by atoms with van der Waals surface area (Å²) in [4.78, 5) is 21.4. The molecule has 1 N–H and O–H groups in total. The Morgan fingerprint density at radius 1 is 1.20 bits per heavy atom. The predicted molar refractivity (Wildman–Crippen MR) is 103 cm³/mol. The van der Waals surface area contributed by atoms with Crippen LogP contribution in [0.3, 0.4) is 0 Å². The normalized spacial score (nSPS) is 12.0. The number of benzene rings is 1. The molecule has 25 heavy (non-hydrogen) atoms. The van der Waals surface area contributed by atoms with E-state index in [1.807, 2.05) is 34.6 Å². The average molecular weight is 380 g/mol. The fraction of sp³-hybridized carbons (Fsp3) is 0.389. The summed E-state index contributed by atoms with van der Waals surface area (Å²) in [6.45, 7) is 9.58. The molecule has 134 valence electrons. The van der Waals surface area contributed by atoms with Crippen LogP contribution in [0.1, 0.15) is 29.4 Å². The van der Waals surface area contributed by atoms with Gasteiger partial charge < -0.3 is 10.1 Å². The van der Waals surface area contributed by atoms with Gasteiger partial charge in [-0.05, 0) is 51.8 Å². The predicted octanol–water partition coefficient (Wildman–Crippen LogP) is 4.49. The Kier molecular flexibility index (Phi) is 6.30. The minimum absolute atomic E-state index is 0.149. The number of halogens is 1. The zero-order valence-electron chi connectivity index (χ0n) is 15.2. The van der Waals surface area contributed by atoms with E-state index in [2.05, 4.69) is 15.3 Å². The number of methoxy groups -OCH3 is 1. The SMILES string of the molecule is COc1cc(Cl)c(C)cc1NC(=O)[C@H](C)Sc1nc(C)c(C)c(C)n1. The first-order chi connectivity index (χ1) is 11.7. The zero-order valence-corrected chi connectivity index (χ0v) is 16.8. The monoisotopic (exact) mass is 379 g/mol. The van der Waals surface area contributed by atoms with Gasteiger partial charge in [-0.3, -0.25) is 4.79 Å². The maximum atomic E-state index is 12.5. The lowest BCUT2D eigenvalue weighted by atomic mass is 10.2. The largest absolute Gasteiger partial charge is 0.495 e. The molecule has 0 saturated carbocycles. The van der Waals surface area contributed by atoms with Crippen molar-refractivity contribution in [3.8, 4) is 5.75 Å². The third kappa shape index (κ3) is 4.64. The number of hydrogen-bond acceptors (Lipinski definition) is 5. The molecular formula is C18H22ClN3O2S. The van der Waals surface area contributed by atoms with Crippen molar-refractivity contribution in [2.75, 3.05) is 12.4 Å². The van der Waals surface area contributed by atoms with Crippen molar-refractivity contribution in [3.05, 3.63) is 39.7 Å². The van der Waals surface area contributed by atoms with Crippen LogP contribution < -0.4 is 10.1 Å². The molecule has 0 saturated heterocycles. The van der Waals surface area contributed by atoms with E-state index >= 15 is 0 Å². The number of rotatable bonds is 5. The van der Waals surface area contributed by atoms with Crippen molar-refractivity contribution in [2.45, 2.75) is 45.0 Å². The molecular weight excluding hydrogens is 358 g/mol. The number of nitrogens with one attached hydrogen (secondary N) is 1. The average Bonchev–Trinajstić information content (AvgIpc) is 2.55. The Bertz CT molecular complexity index is 788. The van der Waals surface area contributed by atoms with E-state index in [4.69, 9.17) is 16.3 Å². The Morgan fingerprint density at radius 3 is 2.36 bits per heavy atom. The van der Waals surface area contributed by atoms with Crippen LogP contribution in [0, 0.1) is 27.7 Å². The van der Waals surface area contributed by atoms with E-state index in [0.29, 0.717) is 21.6 Å². The van der Waals surface area contributed by atoms with Gasteiger partial charge in [0.05, 0.1) is 18.0 Å². The van der Waals surface area contributed by atoms with Crippen molar-refractivity contribution in [1.82, 2.24) is 9.97 Å². The van der Waals surface area contributed by atoms with E-state index in [0.717, 1.165) is 22.5 Å². The minimum Gasteiger partial charge on any atom is -0.495 e. The van der Waals surface area contributed by atoms with Gasteiger partial charge in [-0.25, -0.2) is 9.97 Å². The molecule has 1 atom stereocenters. The third-order valence-electron chi connectivity index (χ3n) is 4.00. The molecule has 0 aliphatic rings. The lowest BCUT2D eigenvalue weighted by Crippen LogP contribution is -2.23. The van der Waals surface area contributed by atoms with E-state index in [1.54, 1.807) is 19.2 Å². The fourth-order valence-electron chi connectivity index (χ4n) is 2.17. The molecule has 1 heterocycles. The Hall–Kier alpha value is -1.79. The van der Waals surface area contributed by atoms with Gasteiger partial charge in [-0.2, -0.15) is 0 Å². The highest BCUT2D eigenvalue weighted by atomic mass is 35.5. The van der Waals surface area contributed by atoms with Crippen LogP contribution in [-0.4, -0.2) is 28.2 Å². The first-order valence-corrected chi connectivity index (χ1v) is 9.12. The van der Waals surface area contributed by atoms with Crippen LogP contribution in [-0.2, 0) is 4.79 Å². The van der Waals surface area contributed by atoms with Gasteiger partial charge in [-0.15, -0.1) is 0 Å². The number of thioether (sulfide) groups is 1. The maximum Gasteiger partial charge on any atom is 0.237 e. The third-order valence-corrected chi connectivity index (χ3v) is 5.37. The maximum absolute atomic E-state index is 12.5. The highest BCUT2D eigenvalue weighted by Gasteiger charge is 2.19. The van der Waals surface area contributed by atoms with Crippen molar-refractivity contribution < 1.29 is 9.53 Å². The van der Waals surface area contributed by atoms with Crippen molar-refractivity contribution in [1.29, 1.82) is 0 Å². The lowest BCUT2D eigenvalue weighted by Gasteiger charge is -2.15. The smallest absolute Gasteiger partial charge is 0.237 e. The van der Waals surface area contributed by atoms with Crippen LogP contribution in [0.15, 0.2) is 17.3 Å². The van der Waals surface area contributed by atoms with Crippen molar-refractivity contribution >= 4 is 35.0 Å². The summed E-state index contributed by atoms with van der Waals surface area (Å²) in [6, 6.07) is 3.49. The van der Waals surface area contributed by atoms with E-state index in [9.17, 15) is 4.79 Å². The van der Waals surface area contributed by atoms with Gasteiger partial charge in [0.2, 0.25) is 5.91 Å².